The van der Waals surface area contributed by atoms with Gasteiger partial charge in [-0.05, 0) is 63.9 Å². The SMILES string of the molecule is Cc1cc(C)n(Cc2c(C(=O)NCc3ccc4[nH]c(C)c(C)c4c3)noc2C)n1. The summed E-state index contributed by atoms with van der Waals surface area (Å²) < 4.78 is 7.17. The number of hydrogen-bond acceptors (Lipinski definition) is 4. The molecule has 4 rings (SSSR count). The Balaban J connectivity index is 1.52. The molecule has 4 aromatic rings. The Labute approximate surface area is 169 Å². The summed E-state index contributed by atoms with van der Waals surface area (Å²) in [5, 5.41) is 12.6. The molecule has 0 unspecified atom stereocenters. The Morgan fingerprint density at radius 2 is 1.97 bits per heavy atom. The van der Waals surface area contributed by atoms with Crippen LogP contribution in [0, 0.1) is 34.6 Å². The summed E-state index contributed by atoms with van der Waals surface area (Å²) in [5.74, 6) is 0.378. The quantitative estimate of drug-likeness (QED) is 0.540. The lowest BCUT2D eigenvalue weighted by Crippen LogP contribution is -2.24. The normalized spacial score (nSPS) is 11.3. The third-order valence-corrected chi connectivity index (χ3v) is 5.44. The summed E-state index contributed by atoms with van der Waals surface area (Å²) in [6.45, 7) is 10.8. The molecule has 7 nitrogen and oxygen atoms in total. The molecule has 0 aliphatic heterocycles. The van der Waals surface area contributed by atoms with E-state index in [4.69, 9.17) is 4.52 Å². The molecular weight excluding hydrogens is 366 g/mol. The highest BCUT2D eigenvalue weighted by Gasteiger charge is 2.21. The predicted molar refractivity (Wildman–Crippen MR) is 111 cm³/mol. The number of nitrogens with zero attached hydrogens (tertiary/aromatic N) is 3. The second-order valence-electron chi connectivity index (χ2n) is 7.59. The van der Waals surface area contributed by atoms with Crippen LogP contribution in [-0.4, -0.2) is 25.8 Å². The van der Waals surface area contributed by atoms with Crippen LogP contribution in [0.25, 0.3) is 10.9 Å². The Bertz CT molecular complexity index is 1210. The number of nitrogens with one attached hydrogen (secondary N) is 2. The van der Waals surface area contributed by atoms with Crippen molar-refractivity contribution < 1.29 is 9.32 Å². The van der Waals surface area contributed by atoms with Crippen molar-refractivity contribution in [2.45, 2.75) is 47.7 Å². The van der Waals surface area contributed by atoms with Crippen molar-refractivity contribution in [3.63, 3.8) is 0 Å². The van der Waals surface area contributed by atoms with Gasteiger partial charge in [0, 0.05) is 34.4 Å². The minimum atomic E-state index is -0.250. The van der Waals surface area contributed by atoms with E-state index >= 15 is 0 Å². The molecule has 0 atom stereocenters. The van der Waals surface area contributed by atoms with Gasteiger partial charge < -0.3 is 14.8 Å². The standard InChI is InChI=1S/C22H25N5O2/c1-12-8-13(2)27(25-12)11-19-16(5)29-26-21(19)22(28)23-10-17-6-7-20-18(9-17)14(3)15(4)24-20/h6-9,24H,10-11H2,1-5H3,(H,23,28). The molecule has 0 aliphatic rings. The highest BCUT2D eigenvalue weighted by Crippen LogP contribution is 2.22. The maximum Gasteiger partial charge on any atom is 0.274 e. The molecule has 150 valence electrons. The minimum absolute atomic E-state index is 0.250. The molecule has 7 heteroatoms. The smallest absolute Gasteiger partial charge is 0.274 e. The molecule has 3 aromatic heterocycles. The highest BCUT2D eigenvalue weighted by atomic mass is 16.5. The zero-order valence-corrected chi connectivity index (χ0v) is 17.4. The number of aryl methyl sites for hydroxylation is 5. The first-order valence-corrected chi connectivity index (χ1v) is 9.65. The van der Waals surface area contributed by atoms with E-state index in [1.54, 1.807) is 0 Å². The van der Waals surface area contributed by atoms with E-state index in [0.29, 0.717) is 24.5 Å². The number of aromatic nitrogens is 4. The van der Waals surface area contributed by atoms with Crippen LogP contribution in [-0.2, 0) is 13.1 Å². The van der Waals surface area contributed by atoms with Crippen molar-refractivity contribution in [3.05, 3.63) is 69.5 Å². The topological polar surface area (TPSA) is 88.7 Å². The van der Waals surface area contributed by atoms with Gasteiger partial charge in [-0.2, -0.15) is 5.10 Å². The number of H-pyrrole nitrogens is 1. The molecule has 3 heterocycles. The van der Waals surface area contributed by atoms with Crippen LogP contribution < -0.4 is 5.32 Å². The number of rotatable bonds is 5. The molecule has 1 amide bonds. The van der Waals surface area contributed by atoms with Gasteiger partial charge in [0.15, 0.2) is 5.69 Å². The Hall–Kier alpha value is -3.35. The lowest BCUT2D eigenvalue weighted by Gasteiger charge is -2.07. The summed E-state index contributed by atoms with van der Waals surface area (Å²) in [5.41, 5.74) is 7.56. The molecule has 29 heavy (non-hydrogen) atoms. The van der Waals surface area contributed by atoms with Crippen LogP contribution in [0.2, 0.25) is 0 Å². The van der Waals surface area contributed by atoms with Crippen molar-refractivity contribution in [1.82, 2.24) is 25.2 Å². The van der Waals surface area contributed by atoms with Crippen molar-refractivity contribution in [2.75, 3.05) is 0 Å². The fraction of sp³-hybridized carbons (Fsp3) is 0.318. The average Bonchev–Trinajstić information content (AvgIpc) is 3.30. The molecule has 1 aromatic carbocycles. The molecule has 2 N–H and O–H groups in total. The molecular formula is C22H25N5O2. The van der Waals surface area contributed by atoms with E-state index in [1.165, 1.54) is 10.9 Å². The first-order valence-electron chi connectivity index (χ1n) is 9.65. The van der Waals surface area contributed by atoms with Crippen LogP contribution in [0.5, 0.6) is 0 Å². The summed E-state index contributed by atoms with van der Waals surface area (Å²) in [7, 11) is 0. The Morgan fingerprint density at radius 3 is 2.69 bits per heavy atom. The number of carbonyl (C=O) groups excluding carboxylic acids is 1. The average molecular weight is 391 g/mol. The van der Waals surface area contributed by atoms with Crippen LogP contribution in [0.4, 0.5) is 0 Å². The molecule has 0 saturated carbocycles. The van der Waals surface area contributed by atoms with E-state index in [-0.39, 0.29) is 5.91 Å². The van der Waals surface area contributed by atoms with Crippen molar-refractivity contribution in [2.24, 2.45) is 0 Å². The van der Waals surface area contributed by atoms with E-state index in [1.807, 2.05) is 43.7 Å². The van der Waals surface area contributed by atoms with Gasteiger partial charge in [-0.15, -0.1) is 0 Å². The fourth-order valence-corrected chi connectivity index (χ4v) is 3.62. The maximum atomic E-state index is 12.8. The number of hydrogen-bond donors (Lipinski definition) is 2. The van der Waals surface area contributed by atoms with Crippen LogP contribution in [0.1, 0.15) is 50.0 Å². The number of amides is 1. The van der Waals surface area contributed by atoms with E-state index in [2.05, 4.69) is 40.5 Å². The summed E-state index contributed by atoms with van der Waals surface area (Å²) in [6, 6.07) is 8.18. The maximum absolute atomic E-state index is 12.8. The van der Waals surface area contributed by atoms with Gasteiger partial charge in [0.05, 0.1) is 12.2 Å². The molecule has 0 aliphatic carbocycles. The Kier molecular flexibility index (Phi) is 4.74. The Morgan fingerprint density at radius 1 is 1.17 bits per heavy atom. The zero-order chi connectivity index (χ0) is 20.7. The largest absolute Gasteiger partial charge is 0.361 e. The van der Waals surface area contributed by atoms with Gasteiger partial charge in [-0.3, -0.25) is 9.48 Å². The van der Waals surface area contributed by atoms with Crippen LogP contribution in [0.3, 0.4) is 0 Å². The second kappa shape index (κ2) is 7.24. The van der Waals surface area contributed by atoms with Gasteiger partial charge >= 0.3 is 0 Å². The van der Waals surface area contributed by atoms with Gasteiger partial charge in [0.2, 0.25) is 0 Å². The zero-order valence-electron chi connectivity index (χ0n) is 17.4. The lowest BCUT2D eigenvalue weighted by atomic mass is 10.1. The first-order chi connectivity index (χ1) is 13.8. The highest BCUT2D eigenvalue weighted by molar-refractivity contribution is 5.94. The predicted octanol–water partition coefficient (Wildman–Crippen LogP) is 3.87. The van der Waals surface area contributed by atoms with Gasteiger partial charge in [-0.1, -0.05) is 11.2 Å². The number of aromatic amines is 1. The van der Waals surface area contributed by atoms with E-state index in [9.17, 15) is 4.79 Å². The molecule has 0 saturated heterocycles. The lowest BCUT2D eigenvalue weighted by molar-refractivity contribution is 0.0941. The summed E-state index contributed by atoms with van der Waals surface area (Å²) in [6.07, 6.45) is 0. The first kappa shape index (κ1) is 19.0. The van der Waals surface area contributed by atoms with Gasteiger partial charge in [0.1, 0.15) is 5.76 Å². The molecule has 0 fully saturated rings. The molecule has 0 radical (unpaired) electrons. The number of fused-ring (bicyclic) bond motifs is 1. The fourth-order valence-electron chi connectivity index (χ4n) is 3.62. The summed E-state index contributed by atoms with van der Waals surface area (Å²) in [4.78, 5) is 16.2. The van der Waals surface area contributed by atoms with Crippen LogP contribution >= 0.6 is 0 Å². The number of benzene rings is 1. The third-order valence-electron chi connectivity index (χ3n) is 5.44. The van der Waals surface area contributed by atoms with E-state index < -0.39 is 0 Å². The van der Waals surface area contributed by atoms with Gasteiger partial charge in [-0.25, -0.2) is 0 Å². The van der Waals surface area contributed by atoms with E-state index in [0.717, 1.165) is 33.7 Å². The minimum Gasteiger partial charge on any atom is -0.361 e. The van der Waals surface area contributed by atoms with Gasteiger partial charge in [0.25, 0.3) is 5.91 Å². The third kappa shape index (κ3) is 3.55. The number of carbonyl (C=O) groups is 1. The summed E-state index contributed by atoms with van der Waals surface area (Å²) >= 11 is 0. The van der Waals surface area contributed by atoms with Crippen molar-refractivity contribution in [3.8, 4) is 0 Å². The molecule has 0 spiro atoms. The monoisotopic (exact) mass is 391 g/mol. The van der Waals surface area contributed by atoms with Crippen molar-refractivity contribution in [1.29, 1.82) is 0 Å². The molecule has 0 bridgehead atoms. The van der Waals surface area contributed by atoms with Crippen molar-refractivity contribution >= 4 is 16.8 Å². The second-order valence-corrected chi connectivity index (χ2v) is 7.59. The van der Waals surface area contributed by atoms with Crippen LogP contribution in [0.15, 0.2) is 28.8 Å².